The molecule has 2 aliphatic heterocycles. The molecule has 2 bridgehead atoms. The largest absolute Gasteiger partial charge is 0.493 e. The molecular weight excluding hydrogens is 458 g/mol. The summed E-state index contributed by atoms with van der Waals surface area (Å²) in [6, 6.07) is 13.9. The number of hydrogen-bond acceptors (Lipinski definition) is 6. The van der Waals surface area contributed by atoms with Crippen LogP contribution >= 0.6 is 0 Å². The van der Waals surface area contributed by atoms with E-state index in [1.54, 1.807) is 18.2 Å². The first-order valence-corrected chi connectivity index (χ1v) is 13.0. The molecular formula is C28H35N3O5. The van der Waals surface area contributed by atoms with Gasteiger partial charge >= 0.3 is 0 Å². The van der Waals surface area contributed by atoms with E-state index >= 15 is 0 Å². The average Bonchev–Trinajstić information content (AvgIpc) is 3.42. The number of hydrogen-bond donors (Lipinski definition) is 3. The Labute approximate surface area is 212 Å². The maximum Gasteiger partial charge on any atom is 0.255 e. The number of amides is 2. The van der Waals surface area contributed by atoms with E-state index in [-0.39, 0.29) is 30.4 Å². The second kappa shape index (κ2) is 11.0. The highest BCUT2D eigenvalue weighted by Gasteiger charge is 2.40. The first kappa shape index (κ1) is 24.7. The fourth-order valence-corrected chi connectivity index (χ4v) is 5.61. The van der Waals surface area contributed by atoms with Gasteiger partial charge in [-0.2, -0.15) is 0 Å². The predicted octanol–water partition coefficient (Wildman–Crippen LogP) is 1.94. The van der Waals surface area contributed by atoms with Crippen LogP contribution in [0.5, 0.6) is 5.75 Å². The number of morpholine rings is 1. The molecule has 2 heterocycles. The molecule has 3 aliphatic rings. The van der Waals surface area contributed by atoms with E-state index in [0.29, 0.717) is 49.3 Å². The van der Waals surface area contributed by atoms with E-state index in [1.807, 2.05) is 11.8 Å². The third-order valence-electron chi connectivity index (χ3n) is 7.44. The lowest BCUT2D eigenvalue weighted by Crippen LogP contribution is -2.49. The number of rotatable bonds is 9. The number of aliphatic hydroxyl groups excluding tert-OH is 1. The summed E-state index contributed by atoms with van der Waals surface area (Å²) >= 11 is 0. The maximum atomic E-state index is 13.2. The van der Waals surface area contributed by atoms with Gasteiger partial charge in [-0.1, -0.05) is 24.3 Å². The first-order chi connectivity index (χ1) is 17.5. The molecule has 0 radical (unpaired) electrons. The zero-order chi connectivity index (χ0) is 25.1. The third-order valence-corrected chi connectivity index (χ3v) is 7.44. The van der Waals surface area contributed by atoms with Gasteiger partial charge in [0.25, 0.3) is 11.8 Å². The van der Waals surface area contributed by atoms with Crippen molar-refractivity contribution in [1.82, 2.24) is 15.5 Å². The van der Waals surface area contributed by atoms with E-state index < -0.39 is 6.10 Å². The van der Waals surface area contributed by atoms with Crippen molar-refractivity contribution >= 4 is 11.8 Å². The molecule has 0 aromatic heterocycles. The summed E-state index contributed by atoms with van der Waals surface area (Å²) in [5, 5.41) is 16.7. The van der Waals surface area contributed by atoms with Crippen LogP contribution in [0.3, 0.4) is 0 Å². The Morgan fingerprint density at radius 3 is 2.44 bits per heavy atom. The fourth-order valence-electron chi connectivity index (χ4n) is 5.61. The minimum Gasteiger partial charge on any atom is -0.493 e. The Hall–Kier alpha value is -2.94. The number of fused-ring (bicyclic) bond motifs is 3. The van der Waals surface area contributed by atoms with Crippen LogP contribution in [0.4, 0.5) is 0 Å². The summed E-state index contributed by atoms with van der Waals surface area (Å²) < 4.78 is 11.3. The predicted molar refractivity (Wildman–Crippen MR) is 135 cm³/mol. The molecule has 2 aromatic rings. The summed E-state index contributed by atoms with van der Waals surface area (Å²) in [7, 11) is 0. The smallest absolute Gasteiger partial charge is 0.255 e. The first-order valence-electron chi connectivity index (χ1n) is 13.0. The Bertz CT molecular complexity index is 1070. The van der Waals surface area contributed by atoms with Crippen molar-refractivity contribution in [2.24, 2.45) is 0 Å². The quantitative estimate of drug-likeness (QED) is 0.494. The second-order valence-corrected chi connectivity index (χ2v) is 9.92. The molecule has 2 fully saturated rings. The monoisotopic (exact) mass is 493 g/mol. The molecule has 2 amide bonds. The number of ether oxygens (including phenoxy) is 2. The summed E-state index contributed by atoms with van der Waals surface area (Å²) in [5.74, 6) is -0.0109. The fraction of sp³-hybridized carbons (Fsp3) is 0.500. The average molecular weight is 494 g/mol. The molecule has 192 valence electrons. The van der Waals surface area contributed by atoms with Gasteiger partial charge in [-0.3, -0.25) is 9.59 Å². The third kappa shape index (κ3) is 5.26. The molecule has 8 heteroatoms. The molecule has 3 N–H and O–H groups in total. The van der Waals surface area contributed by atoms with E-state index in [9.17, 15) is 14.7 Å². The van der Waals surface area contributed by atoms with Crippen LogP contribution in [0.25, 0.3) is 0 Å². The Morgan fingerprint density at radius 1 is 1.08 bits per heavy atom. The van der Waals surface area contributed by atoms with E-state index in [1.165, 1.54) is 11.1 Å². The van der Waals surface area contributed by atoms with Gasteiger partial charge < -0.3 is 30.1 Å². The van der Waals surface area contributed by atoms with Crippen molar-refractivity contribution < 1.29 is 24.2 Å². The van der Waals surface area contributed by atoms with Gasteiger partial charge in [0.1, 0.15) is 5.75 Å². The standard InChI is InChI=1S/C28H35N3O5/c1-2-36-26-13-20(28(34)31-22-8-9-23(31)17-35-16-22)7-10-25(26)27(33)30-15-24(32)14-29-21-11-18-5-3-4-6-19(18)12-21/h3-7,10,13,21-24,29,32H,2,8-9,11-12,14-17H2,1H3,(H,30,33)/t22?,23?,24-/m0/s1. The number of benzene rings is 2. The number of carbonyl (C=O) groups is 2. The summed E-state index contributed by atoms with van der Waals surface area (Å²) in [6.07, 6.45) is 3.10. The SMILES string of the molecule is CCOc1cc(C(=O)N2C3CCC2COC3)ccc1C(=O)NC[C@@H](O)CNC1Cc2ccccc2C1. The molecule has 2 aromatic carbocycles. The zero-order valence-corrected chi connectivity index (χ0v) is 20.7. The van der Waals surface area contributed by atoms with Gasteiger partial charge in [0.15, 0.2) is 0 Å². The minimum absolute atomic E-state index is 0.0470. The van der Waals surface area contributed by atoms with Crippen LogP contribution in [0.2, 0.25) is 0 Å². The lowest BCUT2D eigenvalue weighted by atomic mass is 10.1. The topological polar surface area (TPSA) is 100 Å². The number of nitrogens with zero attached hydrogens (tertiary/aromatic N) is 1. The van der Waals surface area contributed by atoms with Crippen molar-refractivity contribution in [1.29, 1.82) is 0 Å². The maximum absolute atomic E-state index is 13.2. The summed E-state index contributed by atoms with van der Waals surface area (Å²) in [4.78, 5) is 28.1. The Balaban J connectivity index is 1.16. The van der Waals surface area contributed by atoms with Crippen molar-refractivity contribution in [3.8, 4) is 5.75 Å². The van der Waals surface area contributed by atoms with E-state index in [4.69, 9.17) is 9.47 Å². The van der Waals surface area contributed by atoms with E-state index in [0.717, 1.165) is 25.7 Å². The normalized spacial score (nSPS) is 21.8. The lowest BCUT2D eigenvalue weighted by Gasteiger charge is -2.34. The van der Waals surface area contributed by atoms with Gasteiger partial charge in [0, 0.05) is 24.7 Å². The van der Waals surface area contributed by atoms with Gasteiger partial charge in [-0.25, -0.2) is 0 Å². The van der Waals surface area contributed by atoms with Gasteiger partial charge in [-0.05, 0) is 61.9 Å². The van der Waals surface area contributed by atoms with Gasteiger partial charge in [0.05, 0.1) is 43.6 Å². The van der Waals surface area contributed by atoms with Crippen molar-refractivity contribution in [2.75, 3.05) is 32.9 Å². The number of carbonyl (C=O) groups excluding carboxylic acids is 2. The van der Waals surface area contributed by atoms with Crippen LogP contribution in [-0.4, -0.2) is 79.0 Å². The van der Waals surface area contributed by atoms with Crippen LogP contribution in [0.1, 0.15) is 51.6 Å². The Morgan fingerprint density at radius 2 is 1.78 bits per heavy atom. The molecule has 5 rings (SSSR count). The molecule has 1 aliphatic carbocycles. The summed E-state index contributed by atoms with van der Waals surface area (Å²) in [6.45, 7) is 3.88. The van der Waals surface area contributed by atoms with Crippen LogP contribution in [0, 0.1) is 0 Å². The lowest BCUT2D eigenvalue weighted by molar-refractivity contribution is -0.00717. The molecule has 2 saturated heterocycles. The number of aliphatic hydroxyl groups is 1. The van der Waals surface area contributed by atoms with Crippen LogP contribution in [-0.2, 0) is 17.6 Å². The van der Waals surface area contributed by atoms with Gasteiger partial charge in [0.2, 0.25) is 0 Å². The van der Waals surface area contributed by atoms with E-state index in [2.05, 4.69) is 34.9 Å². The molecule has 2 unspecified atom stereocenters. The molecule has 8 nitrogen and oxygen atoms in total. The highest BCUT2D eigenvalue weighted by atomic mass is 16.5. The highest BCUT2D eigenvalue weighted by molar-refractivity contribution is 6.00. The zero-order valence-electron chi connectivity index (χ0n) is 20.7. The van der Waals surface area contributed by atoms with Crippen molar-refractivity contribution in [2.45, 2.75) is 56.8 Å². The summed E-state index contributed by atoms with van der Waals surface area (Å²) in [5.41, 5.74) is 3.56. The molecule has 36 heavy (non-hydrogen) atoms. The van der Waals surface area contributed by atoms with Crippen LogP contribution < -0.4 is 15.4 Å². The van der Waals surface area contributed by atoms with Gasteiger partial charge in [-0.15, -0.1) is 0 Å². The minimum atomic E-state index is -0.717. The van der Waals surface area contributed by atoms with Crippen molar-refractivity contribution in [3.05, 3.63) is 64.7 Å². The second-order valence-electron chi connectivity index (χ2n) is 9.92. The molecule has 0 saturated carbocycles. The highest BCUT2D eigenvalue weighted by Crippen LogP contribution is 2.31. The Kier molecular flexibility index (Phi) is 7.55. The van der Waals surface area contributed by atoms with Crippen LogP contribution in [0.15, 0.2) is 42.5 Å². The molecule has 0 spiro atoms. The number of nitrogens with one attached hydrogen (secondary N) is 2. The van der Waals surface area contributed by atoms with Crippen molar-refractivity contribution in [3.63, 3.8) is 0 Å². The molecule has 3 atom stereocenters.